The molecule has 1 atom stereocenters. The van der Waals surface area contributed by atoms with Crippen LogP contribution in [0.5, 0.6) is 0 Å². The number of anilines is 1. The molecule has 2 aromatic rings. The van der Waals surface area contributed by atoms with E-state index in [0.717, 1.165) is 12.8 Å². The number of nitro benzene ring substituents is 1. The molecule has 1 fully saturated rings. The molecule has 0 amide bonds. The molecule has 9 heteroatoms. The molecule has 0 aromatic heterocycles. The number of ketones is 1. The van der Waals surface area contributed by atoms with Crippen molar-refractivity contribution >= 4 is 27.2 Å². The van der Waals surface area contributed by atoms with Crippen molar-refractivity contribution in [1.29, 1.82) is 0 Å². The number of carbonyl (C=O) groups excluding carboxylic acids is 1. The zero-order valence-corrected chi connectivity index (χ0v) is 17.8. The molecule has 0 bridgehead atoms. The van der Waals surface area contributed by atoms with Crippen molar-refractivity contribution in [1.82, 2.24) is 4.31 Å². The highest BCUT2D eigenvalue weighted by Gasteiger charge is 2.29. The third-order valence-corrected chi connectivity index (χ3v) is 7.13. The van der Waals surface area contributed by atoms with E-state index in [2.05, 4.69) is 5.32 Å². The highest BCUT2D eigenvalue weighted by atomic mass is 32.2. The van der Waals surface area contributed by atoms with Crippen molar-refractivity contribution in [2.45, 2.75) is 31.6 Å². The maximum atomic E-state index is 13.0. The first-order chi connectivity index (χ1) is 14.2. The Morgan fingerprint density at radius 1 is 1.27 bits per heavy atom. The van der Waals surface area contributed by atoms with Crippen molar-refractivity contribution in [3.63, 3.8) is 0 Å². The van der Waals surface area contributed by atoms with Crippen LogP contribution < -0.4 is 5.32 Å². The molecule has 0 aliphatic carbocycles. The van der Waals surface area contributed by atoms with E-state index < -0.39 is 14.9 Å². The number of carbonyl (C=O) groups is 1. The van der Waals surface area contributed by atoms with Crippen molar-refractivity contribution in [3.8, 4) is 0 Å². The summed E-state index contributed by atoms with van der Waals surface area (Å²) in [5.74, 6) is 0.00314. The van der Waals surface area contributed by atoms with E-state index >= 15 is 0 Å². The van der Waals surface area contributed by atoms with Gasteiger partial charge in [0, 0.05) is 36.0 Å². The number of hydrogen-bond donors (Lipinski definition) is 1. The Morgan fingerprint density at radius 3 is 2.73 bits per heavy atom. The zero-order valence-electron chi connectivity index (χ0n) is 17.0. The van der Waals surface area contributed by atoms with Gasteiger partial charge < -0.3 is 5.32 Å². The van der Waals surface area contributed by atoms with E-state index in [1.165, 1.54) is 22.5 Å². The van der Waals surface area contributed by atoms with Crippen LogP contribution in [0.1, 0.15) is 35.7 Å². The topological polar surface area (TPSA) is 110 Å². The van der Waals surface area contributed by atoms with Crippen LogP contribution in [-0.2, 0) is 10.0 Å². The van der Waals surface area contributed by atoms with Crippen molar-refractivity contribution in [2.24, 2.45) is 5.92 Å². The summed E-state index contributed by atoms with van der Waals surface area (Å²) >= 11 is 0. The predicted molar refractivity (Wildman–Crippen MR) is 114 cm³/mol. The van der Waals surface area contributed by atoms with E-state index in [9.17, 15) is 23.3 Å². The second kappa shape index (κ2) is 8.93. The second-order valence-corrected chi connectivity index (χ2v) is 9.61. The van der Waals surface area contributed by atoms with E-state index in [4.69, 9.17) is 0 Å². The summed E-state index contributed by atoms with van der Waals surface area (Å²) in [6.07, 6.45) is 1.83. The van der Waals surface area contributed by atoms with E-state index in [-0.39, 0.29) is 28.5 Å². The molecule has 1 unspecified atom stereocenters. The van der Waals surface area contributed by atoms with Crippen LogP contribution in [0.2, 0.25) is 0 Å². The normalized spacial score (nSPS) is 17.5. The lowest BCUT2D eigenvalue weighted by Crippen LogP contribution is -2.39. The molecule has 3 rings (SSSR count). The van der Waals surface area contributed by atoms with Crippen LogP contribution in [0.3, 0.4) is 0 Å². The summed E-state index contributed by atoms with van der Waals surface area (Å²) in [6.45, 7) is 4.53. The summed E-state index contributed by atoms with van der Waals surface area (Å²) in [4.78, 5) is 23.3. The number of sulfonamides is 1. The lowest BCUT2D eigenvalue weighted by atomic mass is 10.0. The second-order valence-electron chi connectivity index (χ2n) is 7.67. The average molecular weight is 432 g/mol. The summed E-state index contributed by atoms with van der Waals surface area (Å²) in [5, 5.41) is 13.9. The summed E-state index contributed by atoms with van der Waals surface area (Å²) in [5.41, 5.74) is 1.22. The Morgan fingerprint density at radius 2 is 2.03 bits per heavy atom. The van der Waals surface area contributed by atoms with Gasteiger partial charge in [0.25, 0.3) is 5.69 Å². The van der Waals surface area contributed by atoms with Crippen LogP contribution >= 0.6 is 0 Å². The largest absolute Gasteiger partial charge is 0.377 e. The van der Waals surface area contributed by atoms with Gasteiger partial charge in [-0.25, -0.2) is 8.42 Å². The van der Waals surface area contributed by atoms with Crippen LogP contribution in [-0.4, -0.2) is 43.1 Å². The van der Waals surface area contributed by atoms with E-state index in [1.807, 2.05) is 6.92 Å². The number of hydrogen-bond acceptors (Lipinski definition) is 6. The van der Waals surface area contributed by atoms with Gasteiger partial charge in [0.05, 0.1) is 16.4 Å². The number of nitrogens with one attached hydrogen (secondary N) is 1. The Bertz CT molecular complexity index is 1070. The third kappa shape index (κ3) is 4.85. The number of benzene rings is 2. The molecule has 160 valence electrons. The first-order valence-corrected chi connectivity index (χ1v) is 11.2. The van der Waals surface area contributed by atoms with Gasteiger partial charge in [-0.3, -0.25) is 14.9 Å². The fourth-order valence-corrected chi connectivity index (χ4v) is 5.19. The van der Waals surface area contributed by atoms with Gasteiger partial charge in [0.1, 0.15) is 0 Å². The van der Waals surface area contributed by atoms with Gasteiger partial charge in [0.15, 0.2) is 5.78 Å². The van der Waals surface area contributed by atoms with Crippen LogP contribution in [0.4, 0.5) is 11.4 Å². The third-order valence-electron chi connectivity index (χ3n) is 5.27. The van der Waals surface area contributed by atoms with Crippen molar-refractivity contribution in [2.75, 3.05) is 25.0 Å². The maximum absolute atomic E-state index is 13.0. The Hall–Kier alpha value is -2.78. The number of piperidine rings is 1. The zero-order chi connectivity index (χ0) is 21.9. The molecule has 1 N–H and O–H groups in total. The minimum Gasteiger partial charge on any atom is -0.377 e. The summed E-state index contributed by atoms with van der Waals surface area (Å²) in [6, 6.07) is 10.7. The number of nitro groups is 1. The van der Waals surface area contributed by atoms with Gasteiger partial charge >= 0.3 is 0 Å². The van der Waals surface area contributed by atoms with Crippen LogP contribution in [0, 0.1) is 23.0 Å². The van der Waals surface area contributed by atoms with Crippen molar-refractivity contribution < 1.29 is 18.1 Å². The molecule has 1 saturated heterocycles. The SMILES string of the molecule is Cc1ccc(NCC(=O)c2cccc(S(=O)(=O)N3CCCC(C)C3)c2)cc1[N+](=O)[O-]. The molecule has 0 saturated carbocycles. The molecule has 1 heterocycles. The first kappa shape index (κ1) is 21.9. The molecule has 1 aliphatic rings. The minimum absolute atomic E-state index is 0.0312. The molecule has 1 aliphatic heterocycles. The van der Waals surface area contributed by atoms with E-state index in [1.54, 1.807) is 31.2 Å². The lowest BCUT2D eigenvalue weighted by molar-refractivity contribution is -0.385. The first-order valence-electron chi connectivity index (χ1n) is 9.81. The number of rotatable bonds is 7. The van der Waals surface area contributed by atoms with E-state index in [0.29, 0.717) is 30.3 Å². The van der Waals surface area contributed by atoms with Crippen LogP contribution in [0.25, 0.3) is 0 Å². The minimum atomic E-state index is -3.65. The fourth-order valence-electron chi connectivity index (χ4n) is 3.54. The average Bonchev–Trinajstić information content (AvgIpc) is 2.72. The monoisotopic (exact) mass is 431 g/mol. The molecule has 2 aromatic carbocycles. The molecule has 8 nitrogen and oxygen atoms in total. The summed E-state index contributed by atoms with van der Waals surface area (Å²) < 4.78 is 27.4. The Labute approximate surface area is 176 Å². The van der Waals surface area contributed by atoms with Gasteiger partial charge in [-0.2, -0.15) is 4.31 Å². The Balaban J connectivity index is 1.73. The van der Waals surface area contributed by atoms with Gasteiger partial charge in [-0.1, -0.05) is 25.1 Å². The predicted octanol–water partition coefficient (Wildman–Crippen LogP) is 3.62. The Kier molecular flexibility index (Phi) is 6.52. The van der Waals surface area contributed by atoms with Crippen LogP contribution in [0.15, 0.2) is 47.4 Å². The molecule has 0 radical (unpaired) electrons. The molecule has 0 spiro atoms. The smallest absolute Gasteiger partial charge is 0.274 e. The lowest BCUT2D eigenvalue weighted by Gasteiger charge is -2.30. The van der Waals surface area contributed by atoms with Gasteiger partial charge in [-0.15, -0.1) is 0 Å². The molecular formula is C21H25N3O5S. The molecular weight excluding hydrogens is 406 g/mol. The summed E-state index contributed by atoms with van der Waals surface area (Å²) in [7, 11) is -3.65. The van der Waals surface area contributed by atoms with Crippen molar-refractivity contribution in [3.05, 3.63) is 63.7 Å². The van der Waals surface area contributed by atoms with Gasteiger partial charge in [0.2, 0.25) is 10.0 Å². The highest BCUT2D eigenvalue weighted by Crippen LogP contribution is 2.25. The number of aryl methyl sites for hydroxylation is 1. The quantitative estimate of drug-likeness (QED) is 0.407. The number of nitrogens with zero attached hydrogens (tertiary/aromatic N) is 2. The van der Waals surface area contributed by atoms with Gasteiger partial charge in [-0.05, 0) is 43.9 Å². The standard InChI is InChI=1S/C21H25N3O5S/c1-15-5-4-10-23(14-15)30(28,29)19-7-3-6-17(11-19)21(25)13-22-18-9-8-16(2)20(12-18)24(26)27/h3,6-9,11-12,15,22H,4-5,10,13-14H2,1-2H3. The maximum Gasteiger partial charge on any atom is 0.274 e. The highest BCUT2D eigenvalue weighted by molar-refractivity contribution is 7.89. The molecule has 30 heavy (non-hydrogen) atoms. The number of Topliss-reactive ketones (excluding diaryl/α,β-unsaturated/α-hetero) is 1. The fraction of sp³-hybridized carbons (Fsp3) is 0.381.